The molecule has 0 aliphatic rings. The molecule has 0 saturated heterocycles. The molecule has 2 aromatic carbocycles. The first-order valence-corrected chi connectivity index (χ1v) is 10.5. The Morgan fingerprint density at radius 3 is 2.77 bits per heavy atom. The van der Waals surface area contributed by atoms with E-state index in [1.54, 1.807) is 55.4 Å². The van der Waals surface area contributed by atoms with Gasteiger partial charge in [-0.25, -0.2) is 0 Å². The minimum Gasteiger partial charge on any atom is -0.482 e. The van der Waals surface area contributed by atoms with E-state index in [0.29, 0.717) is 18.7 Å². The molecule has 0 aliphatic carbocycles. The fraction of sp³-hybridized carbons (Fsp3) is 0.273. The van der Waals surface area contributed by atoms with E-state index in [1.165, 1.54) is 6.07 Å². The highest BCUT2D eigenvalue weighted by Crippen LogP contribution is 2.28. The summed E-state index contributed by atoms with van der Waals surface area (Å²) in [5.41, 5.74) is 2.88. The Bertz CT molecular complexity index is 1110. The highest BCUT2D eigenvalue weighted by atomic mass is 79.9. The van der Waals surface area contributed by atoms with Crippen molar-refractivity contribution in [2.45, 2.75) is 33.5 Å². The predicted molar refractivity (Wildman–Crippen MR) is 120 cm³/mol. The van der Waals surface area contributed by atoms with Gasteiger partial charge in [-0.2, -0.15) is 5.10 Å². The van der Waals surface area contributed by atoms with Crippen molar-refractivity contribution in [1.82, 2.24) is 14.7 Å². The SMILES string of the molecule is CCn1ncc(Br)c1CN(C)C(=O)c1cccc(COc2ccc(C)cc2[N+](=O)[O-])c1. The lowest BCUT2D eigenvalue weighted by Gasteiger charge is -2.19. The monoisotopic (exact) mass is 486 g/mol. The minimum atomic E-state index is -0.462. The number of nitro benzene ring substituents is 1. The van der Waals surface area contributed by atoms with Gasteiger partial charge in [0.2, 0.25) is 0 Å². The van der Waals surface area contributed by atoms with Crippen molar-refractivity contribution < 1.29 is 14.5 Å². The summed E-state index contributed by atoms with van der Waals surface area (Å²) in [4.78, 5) is 25.4. The van der Waals surface area contributed by atoms with E-state index >= 15 is 0 Å². The Morgan fingerprint density at radius 2 is 2.06 bits per heavy atom. The molecule has 0 saturated carbocycles. The van der Waals surface area contributed by atoms with Crippen molar-refractivity contribution in [3.63, 3.8) is 0 Å². The zero-order chi connectivity index (χ0) is 22.5. The summed E-state index contributed by atoms with van der Waals surface area (Å²) in [7, 11) is 1.74. The number of rotatable bonds is 8. The molecule has 0 atom stereocenters. The molecule has 1 amide bonds. The van der Waals surface area contributed by atoms with Crippen LogP contribution in [0.3, 0.4) is 0 Å². The summed E-state index contributed by atoms with van der Waals surface area (Å²) < 4.78 is 8.38. The summed E-state index contributed by atoms with van der Waals surface area (Å²) >= 11 is 3.48. The number of amides is 1. The molecule has 3 rings (SSSR count). The first-order chi connectivity index (χ1) is 14.8. The van der Waals surface area contributed by atoms with Crippen LogP contribution in [0, 0.1) is 17.0 Å². The maximum Gasteiger partial charge on any atom is 0.311 e. The molecule has 1 aromatic heterocycles. The number of hydrogen-bond donors (Lipinski definition) is 0. The number of carbonyl (C=O) groups excluding carboxylic acids is 1. The Balaban J connectivity index is 1.72. The molecule has 0 radical (unpaired) electrons. The van der Waals surface area contributed by atoms with Crippen LogP contribution in [0.5, 0.6) is 5.75 Å². The van der Waals surface area contributed by atoms with Crippen LogP contribution >= 0.6 is 15.9 Å². The van der Waals surface area contributed by atoms with E-state index in [4.69, 9.17) is 4.74 Å². The van der Waals surface area contributed by atoms with Gasteiger partial charge in [0, 0.05) is 25.2 Å². The maximum atomic E-state index is 12.9. The quantitative estimate of drug-likeness (QED) is 0.339. The number of hydrogen-bond acceptors (Lipinski definition) is 5. The first kappa shape index (κ1) is 22.5. The van der Waals surface area contributed by atoms with Gasteiger partial charge in [0.15, 0.2) is 5.75 Å². The molecular formula is C22H23BrN4O4. The van der Waals surface area contributed by atoms with Gasteiger partial charge in [0.05, 0.1) is 27.8 Å². The zero-order valence-corrected chi connectivity index (χ0v) is 19.1. The highest BCUT2D eigenvalue weighted by molar-refractivity contribution is 9.10. The van der Waals surface area contributed by atoms with E-state index in [9.17, 15) is 14.9 Å². The van der Waals surface area contributed by atoms with Gasteiger partial charge in [-0.05, 0) is 59.1 Å². The third-order valence-electron chi connectivity index (χ3n) is 4.81. The standard InChI is InChI=1S/C22H23BrN4O4/c1-4-26-20(18(23)12-24-26)13-25(3)22(28)17-7-5-6-16(11-17)14-31-21-9-8-15(2)10-19(21)27(29)30/h5-12H,4,13-14H2,1-3H3. The number of carbonyl (C=O) groups is 1. The molecule has 3 aromatic rings. The van der Waals surface area contributed by atoms with Gasteiger partial charge < -0.3 is 9.64 Å². The van der Waals surface area contributed by atoms with Crippen LogP contribution in [0.15, 0.2) is 53.1 Å². The minimum absolute atomic E-state index is 0.0786. The molecule has 0 aliphatic heterocycles. The molecule has 0 spiro atoms. The topological polar surface area (TPSA) is 90.5 Å². The highest BCUT2D eigenvalue weighted by Gasteiger charge is 2.18. The van der Waals surface area contributed by atoms with E-state index in [-0.39, 0.29) is 24.0 Å². The van der Waals surface area contributed by atoms with Crippen LogP contribution in [0.2, 0.25) is 0 Å². The largest absolute Gasteiger partial charge is 0.482 e. The van der Waals surface area contributed by atoms with Crippen LogP contribution < -0.4 is 4.74 Å². The molecule has 1 heterocycles. The van der Waals surface area contributed by atoms with E-state index in [1.807, 2.05) is 17.7 Å². The van der Waals surface area contributed by atoms with E-state index in [2.05, 4.69) is 21.0 Å². The van der Waals surface area contributed by atoms with Gasteiger partial charge in [-0.1, -0.05) is 18.2 Å². The van der Waals surface area contributed by atoms with Gasteiger partial charge in [0.25, 0.3) is 5.91 Å². The van der Waals surface area contributed by atoms with Crippen molar-refractivity contribution in [2.24, 2.45) is 0 Å². The van der Waals surface area contributed by atoms with Gasteiger partial charge >= 0.3 is 5.69 Å². The van der Waals surface area contributed by atoms with Crippen molar-refractivity contribution in [1.29, 1.82) is 0 Å². The number of aromatic nitrogens is 2. The number of ether oxygens (including phenoxy) is 1. The second-order valence-electron chi connectivity index (χ2n) is 7.13. The number of benzene rings is 2. The first-order valence-electron chi connectivity index (χ1n) is 9.72. The lowest BCUT2D eigenvalue weighted by Crippen LogP contribution is -2.27. The molecule has 162 valence electrons. The third kappa shape index (κ3) is 5.29. The fourth-order valence-electron chi connectivity index (χ4n) is 3.18. The van der Waals surface area contributed by atoms with Crippen molar-refractivity contribution in [3.05, 3.63) is 85.6 Å². The van der Waals surface area contributed by atoms with Crippen LogP contribution in [0.4, 0.5) is 5.69 Å². The normalized spacial score (nSPS) is 10.7. The number of halogens is 1. The summed E-state index contributed by atoms with van der Waals surface area (Å²) in [6, 6.07) is 11.9. The third-order valence-corrected chi connectivity index (χ3v) is 5.47. The Morgan fingerprint density at radius 1 is 1.29 bits per heavy atom. The molecule has 0 bridgehead atoms. The Labute approximate surface area is 188 Å². The zero-order valence-electron chi connectivity index (χ0n) is 17.5. The lowest BCUT2D eigenvalue weighted by atomic mass is 10.1. The fourth-order valence-corrected chi connectivity index (χ4v) is 3.60. The second kappa shape index (κ2) is 9.74. The Hall–Kier alpha value is -3.20. The molecule has 8 nitrogen and oxygen atoms in total. The molecular weight excluding hydrogens is 464 g/mol. The average Bonchev–Trinajstić information content (AvgIpc) is 3.11. The molecule has 0 unspecified atom stereocenters. The maximum absolute atomic E-state index is 12.9. The van der Waals surface area contributed by atoms with E-state index in [0.717, 1.165) is 21.3 Å². The van der Waals surface area contributed by atoms with Gasteiger partial charge in [-0.15, -0.1) is 0 Å². The summed E-state index contributed by atoms with van der Waals surface area (Å²) in [6.07, 6.45) is 1.72. The Kier molecular flexibility index (Phi) is 7.06. The summed E-state index contributed by atoms with van der Waals surface area (Å²) in [5, 5.41) is 15.5. The van der Waals surface area contributed by atoms with Crippen LogP contribution in [0.1, 0.15) is 34.1 Å². The molecule has 31 heavy (non-hydrogen) atoms. The van der Waals surface area contributed by atoms with Gasteiger partial charge in [-0.3, -0.25) is 19.6 Å². The molecule has 9 heteroatoms. The van der Waals surface area contributed by atoms with Crippen molar-refractivity contribution in [2.75, 3.05) is 7.05 Å². The smallest absolute Gasteiger partial charge is 0.311 e. The number of nitrogens with zero attached hydrogens (tertiary/aromatic N) is 4. The van der Waals surface area contributed by atoms with Gasteiger partial charge in [0.1, 0.15) is 6.61 Å². The molecule has 0 fully saturated rings. The number of nitro groups is 1. The summed E-state index contributed by atoms with van der Waals surface area (Å²) in [5.74, 6) is 0.0565. The van der Waals surface area contributed by atoms with Crippen LogP contribution in [-0.4, -0.2) is 32.6 Å². The second-order valence-corrected chi connectivity index (χ2v) is 7.99. The predicted octanol–water partition coefficient (Wildman–Crippen LogP) is 4.73. The van der Waals surface area contributed by atoms with Crippen molar-refractivity contribution in [3.8, 4) is 5.75 Å². The molecule has 0 N–H and O–H groups in total. The average molecular weight is 487 g/mol. The van der Waals surface area contributed by atoms with E-state index < -0.39 is 4.92 Å². The summed E-state index contributed by atoms with van der Waals surface area (Å²) in [6.45, 7) is 5.01. The van der Waals surface area contributed by atoms with Crippen molar-refractivity contribution >= 4 is 27.5 Å². The lowest BCUT2D eigenvalue weighted by molar-refractivity contribution is -0.386. The van der Waals surface area contributed by atoms with Crippen LogP contribution in [-0.2, 0) is 19.7 Å². The number of aryl methyl sites for hydroxylation is 2. The van der Waals surface area contributed by atoms with Crippen LogP contribution in [0.25, 0.3) is 0 Å².